The van der Waals surface area contributed by atoms with Crippen molar-refractivity contribution in [3.63, 3.8) is 0 Å². The predicted molar refractivity (Wildman–Crippen MR) is 191 cm³/mol. The molecule has 2 bridgehead atoms. The number of carbonyl (C=O) groups is 4. The number of carboxylic acid groups (broad SMARTS) is 1. The summed E-state index contributed by atoms with van der Waals surface area (Å²) in [6.45, 7) is 11.0. The molecule has 0 saturated carbocycles. The maximum atomic E-state index is 11.7. The SMILES string of the molecule is CC(C)(C)OC(=O)N1CC2CC1C(=O)O2.CC(C)(C)OC(=O)N1C[C@@H](O)CC1C(=O)O.c1ccc(P(c2ccccc2)c2ccccc2)cc1. The molecule has 3 unspecified atom stereocenters. The summed E-state index contributed by atoms with van der Waals surface area (Å²) in [5.41, 5.74) is -1.20. The highest BCUT2D eigenvalue weighted by Crippen LogP contribution is 2.32. The van der Waals surface area contributed by atoms with Gasteiger partial charge in [0.25, 0.3) is 0 Å². The maximum Gasteiger partial charge on any atom is 0.411 e. The van der Waals surface area contributed by atoms with Crippen LogP contribution in [-0.2, 0) is 23.8 Å². The number of aliphatic hydroxyl groups excluding tert-OH is 1. The van der Waals surface area contributed by atoms with Crippen LogP contribution in [-0.4, -0.2) is 92.7 Å². The quantitative estimate of drug-likeness (QED) is 0.222. The largest absolute Gasteiger partial charge is 0.480 e. The molecule has 3 saturated heterocycles. The first kappa shape index (κ1) is 38.3. The molecule has 3 heterocycles. The van der Waals surface area contributed by atoms with E-state index < -0.39 is 55.5 Å². The third-order valence-electron chi connectivity index (χ3n) is 7.68. The first-order chi connectivity index (χ1) is 23.5. The van der Waals surface area contributed by atoms with Gasteiger partial charge in [-0.2, -0.15) is 0 Å². The number of likely N-dealkylation sites (tertiary alicyclic amines) is 2. The van der Waals surface area contributed by atoms with E-state index in [2.05, 4.69) is 91.0 Å². The molecule has 2 amide bonds. The van der Waals surface area contributed by atoms with Crippen molar-refractivity contribution in [2.24, 2.45) is 0 Å². The lowest BCUT2D eigenvalue weighted by Gasteiger charge is -2.29. The van der Waals surface area contributed by atoms with Crippen LogP contribution in [0.3, 0.4) is 0 Å². The van der Waals surface area contributed by atoms with Crippen LogP contribution in [0.25, 0.3) is 0 Å². The van der Waals surface area contributed by atoms with Crippen LogP contribution < -0.4 is 15.9 Å². The van der Waals surface area contributed by atoms with Crippen LogP contribution in [0.5, 0.6) is 0 Å². The number of nitrogens with zero attached hydrogens (tertiary/aromatic N) is 2. The number of ether oxygens (including phenoxy) is 3. The summed E-state index contributed by atoms with van der Waals surface area (Å²) in [5, 5.41) is 22.4. The van der Waals surface area contributed by atoms with E-state index in [0.29, 0.717) is 13.0 Å². The number of hydrogen-bond acceptors (Lipinski definition) is 8. The predicted octanol–water partition coefficient (Wildman–Crippen LogP) is 4.81. The molecule has 268 valence electrons. The van der Waals surface area contributed by atoms with Crippen LogP contribution in [0.4, 0.5) is 9.59 Å². The van der Waals surface area contributed by atoms with Gasteiger partial charge in [0.15, 0.2) is 0 Å². The smallest absolute Gasteiger partial charge is 0.411 e. The molecule has 4 atom stereocenters. The first-order valence-corrected chi connectivity index (χ1v) is 17.9. The minimum Gasteiger partial charge on any atom is -0.480 e. The van der Waals surface area contributed by atoms with Crippen molar-refractivity contribution < 1.29 is 43.6 Å². The zero-order chi connectivity index (χ0) is 36.6. The fraction of sp³-hybridized carbons (Fsp3) is 0.421. The standard InChI is InChI=1S/C18H15P.C10H17NO5.C10H15NO4/c1-4-10-16(11-5-1)19(17-12-6-2-7-13-17)18-14-8-3-9-15-18;1-10(2,3)16-9(15)11-5-6(12)4-7(11)8(13)14;1-10(2,3)15-9(13)11-5-6-4-7(11)8(12)14-6/h1-15H;6-7,12H,4-5H2,1-3H3,(H,13,14);6-7H,4-5H2,1-3H3/t;6-,7?;/m.0./s1. The molecule has 2 N–H and O–H groups in total. The topological polar surface area (TPSA) is 143 Å². The Hall–Kier alpha value is -4.47. The Kier molecular flexibility index (Phi) is 12.6. The molecule has 3 aromatic rings. The maximum absolute atomic E-state index is 11.7. The molecule has 6 rings (SSSR count). The molecular formula is C38H47N2O9P. The highest BCUT2D eigenvalue weighted by Gasteiger charge is 2.49. The van der Waals surface area contributed by atoms with Gasteiger partial charge in [-0.25, -0.2) is 19.2 Å². The molecule has 0 radical (unpaired) electrons. The van der Waals surface area contributed by atoms with E-state index in [1.807, 2.05) is 0 Å². The Morgan fingerprint density at radius 1 is 0.700 bits per heavy atom. The van der Waals surface area contributed by atoms with Gasteiger partial charge >= 0.3 is 24.1 Å². The normalized spacial score (nSPS) is 21.0. The number of esters is 1. The van der Waals surface area contributed by atoms with Gasteiger partial charge in [0.2, 0.25) is 0 Å². The van der Waals surface area contributed by atoms with Gasteiger partial charge < -0.3 is 24.4 Å². The number of aliphatic hydroxyl groups is 1. The monoisotopic (exact) mass is 706 g/mol. The molecule has 0 aliphatic carbocycles. The number of β-amino-alcohol motifs (C(OH)–C–C–N with tert-alkyl or cyclic N) is 1. The van der Waals surface area contributed by atoms with E-state index >= 15 is 0 Å². The van der Waals surface area contributed by atoms with Crippen LogP contribution in [0.2, 0.25) is 0 Å². The molecule has 3 fully saturated rings. The molecule has 0 spiro atoms. The van der Waals surface area contributed by atoms with E-state index in [4.69, 9.17) is 19.3 Å². The minimum atomic E-state index is -1.12. The van der Waals surface area contributed by atoms with Crippen molar-refractivity contribution in [2.75, 3.05) is 13.1 Å². The van der Waals surface area contributed by atoms with E-state index in [1.165, 1.54) is 20.8 Å². The lowest BCUT2D eigenvalue weighted by atomic mass is 10.2. The first-order valence-electron chi connectivity index (χ1n) is 16.6. The van der Waals surface area contributed by atoms with Gasteiger partial charge in [0.1, 0.15) is 29.4 Å². The van der Waals surface area contributed by atoms with Crippen LogP contribution in [0.15, 0.2) is 91.0 Å². The zero-order valence-electron chi connectivity index (χ0n) is 29.4. The van der Waals surface area contributed by atoms with Crippen molar-refractivity contribution in [2.45, 2.75) is 89.9 Å². The van der Waals surface area contributed by atoms with Gasteiger partial charge in [0, 0.05) is 12.8 Å². The second kappa shape index (κ2) is 16.5. The van der Waals surface area contributed by atoms with Gasteiger partial charge in [-0.3, -0.25) is 9.80 Å². The number of hydrogen-bond donors (Lipinski definition) is 2. The Bertz CT molecular complexity index is 1500. The summed E-state index contributed by atoms with van der Waals surface area (Å²) in [4.78, 5) is 48.0. The van der Waals surface area contributed by atoms with Crippen LogP contribution >= 0.6 is 7.92 Å². The summed E-state index contributed by atoms with van der Waals surface area (Å²) in [6.07, 6.45) is -1.39. The number of morpholine rings is 1. The summed E-state index contributed by atoms with van der Waals surface area (Å²) in [7, 11) is -0.446. The fourth-order valence-electron chi connectivity index (χ4n) is 5.62. The molecule has 3 aromatic carbocycles. The molecule has 3 aliphatic heterocycles. The summed E-state index contributed by atoms with van der Waals surface area (Å²) < 4.78 is 15.2. The van der Waals surface area contributed by atoms with Crippen LogP contribution in [0.1, 0.15) is 54.4 Å². The molecule has 50 heavy (non-hydrogen) atoms. The third kappa shape index (κ3) is 10.8. The molecule has 0 aromatic heterocycles. The fourth-order valence-corrected chi connectivity index (χ4v) is 7.93. The Labute approximate surface area is 294 Å². The second-order valence-electron chi connectivity index (χ2n) is 14.2. The van der Waals surface area contributed by atoms with Crippen molar-refractivity contribution in [3.8, 4) is 0 Å². The lowest BCUT2D eigenvalue weighted by Crippen LogP contribution is -2.46. The Morgan fingerprint density at radius 3 is 1.48 bits per heavy atom. The van der Waals surface area contributed by atoms with Crippen molar-refractivity contribution >= 4 is 48.0 Å². The summed E-state index contributed by atoms with van der Waals surface area (Å²) in [6, 6.07) is 30.9. The van der Waals surface area contributed by atoms with E-state index in [-0.39, 0.29) is 25.0 Å². The third-order valence-corrected chi connectivity index (χ3v) is 10.1. The Balaban J connectivity index is 0.000000170. The molecule has 12 heteroatoms. The molecule has 11 nitrogen and oxygen atoms in total. The van der Waals surface area contributed by atoms with Crippen molar-refractivity contribution in [3.05, 3.63) is 91.0 Å². The molecule has 3 aliphatic rings. The Morgan fingerprint density at radius 2 is 1.12 bits per heavy atom. The van der Waals surface area contributed by atoms with Crippen molar-refractivity contribution in [1.29, 1.82) is 0 Å². The van der Waals surface area contributed by atoms with Crippen molar-refractivity contribution in [1.82, 2.24) is 9.80 Å². The summed E-state index contributed by atoms with van der Waals surface area (Å²) in [5.74, 6) is -1.43. The second-order valence-corrected chi connectivity index (χ2v) is 16.4. The number of carboxylic acids is 1. The molecular weight excluding hydrogens is 659 g/mol. The number of fused-ring (bicyclic) bond motifs is 2. The highest BCUT2D eigenvalue weighted by molar-refractivity contribution is 7.79. The van der Waals surface area contributed by atoms with Gasteiger partial charge in [-0.05, 0) is 65.4 Å². The van der Waals surface area contributed by atoms with Gasteiger partial charge in [-0.15, -0.1) is 0 Å². The number of aliphatic carboxylic acids is 1. The van der Waals surface area contributed by atoms with E-state index in [1.54, 1.807) is 41.5 Å². The number of carbonyl (C=O) groups excluding carboxylic acids is 3. The zero-order valence-corrected chi connectivity index (χ0v) is 30.3. The lowest BCUT2D eigenvalue weighted by molar-refractivity contribution is -0.150. The average Bonchev–Trinajstić information content (AvgIpc) is 3.76. The van der Waals surface area contributed by atoms with Gasteiger partial charge in [-0.1, -0.05) is 91.0 Å². The van der Waals surface area contributed by atoms with Gasteiger partial charge in [0.05, 0.1) is 19.2 Å². The minimum absolute atomic E-state index is 0.00583. The van der Waals surface area contributed by atoms with E-state index in [9.17, 15) is 24.3 Å². The highest BCUT2D eigenvalue weighted by atomic mass is 31.1. The average molecular weight is 707 g/mol. The number of rotatable bonds is 4. The van der Waals surface area contributed by atoms with E-state index in [0.717, 1.165) is 4.90 Å². The van der Waals surface area contributed by atoms with Crippen LogP contribution in [0, 0.1) is 0 Å². The number of amides is 2. The summed E-state index contributed by atoms with van der Waals surface area (Å²) >= 11 is 0. The number of benzene rings is 3.